The molecule has 5 nitrogen and oxygen atoms in total. The number of anilines is 1. The number of carboxylic acid groups (broad SMARTS) is 1. The van der Waals surface area contributed by atoms with Gasteiger partial charge in [-0.1, -0.05) is 19.8 Å². The van der Waals surface area contributed by atoms with Gasteiger partial charge in [0.2, 0.25) is 0 Å². The minimum absolute atomic E-state index is 0.0306. The molecule has 2 unspecified atom stereocenters. The van der Waals surface area contributed by atoms with E-state index in [1.54, 1.807) is 0 Å². The quantitative estimate of drug-likeness (QED) is 0.798. The van der Waals surface area contributed by atoms with Crippen LogP contribution < -0.4 is 10.6 Å². The molecule has 0 radical (unpaired) electrons. The Kier molecular flexibility index (Phi) is 4.77. The highest BCUT2D eigenvalue weighted by molar-refractivity contribution is 5.91. The molecule has 0 heterocycles. The summed E-state index contributed by atoms with van der Waals surface area (Å²) >= 11 is 0. The SMILES string of the molecule is CC1CCCC1CNC(=O)Nc1ccc(C(=O)O)cc1F. The van der Waals surface area contributed by atoms with Crippen molar-refractivity contribution < 1.29 is 19.1 Å². The summed E-state index contributed by atoms with van der Waals surface area (Å²) in [6, 6.07) is 2.91. The first-order valence-corrected chi connectivity index (χ1v) is 7.05. The molecule has 0 saturated heterocycles. The van der Waals surface area contributed by atoms with E-state index in [-0.39, 0.29) is 11.3 Å². The summed E-state index contributed by atoms with van der Waals surface area (Å²) in [4.78, 5) is 22.4. The summed E-state index contributed by atoms with van der Waals surface area (Å²) in [5, 5.41) is 13.9. The molecule has 1 aliphatic rings. The molecular weight excluding hydrogens is 275 g/mol. The van der Waals surface area contributed by atoms with Crippen LogP contribution in [0.25, 0.3) is 0 Å². The molecule has 0 spiro atoms. The number of urea groups is 1. The highest BCUT2D eigenvalue weighted by atomic mass is 19.1. The van der Waals surface area contributed by atoms with Crippen LogP contribution >= 0.6 is 0 Å². The third-order valence-corrected chi connectivity index (χ3v) is 4.03. The van der Waals surface area contributed by atoms with E-state index in [9.17, 15) is 14.0 Å². The van der Waals surface area contributed by atoms with Crippen LogP contribution in [0.2, 0.25) is 0 Å². The largest absolute Gasteiger partial charge is 0.478 e. The lowest BCUT2D eigenvalue weighted by Gasteiger charge is -2.16. The fraction of sp³-hybridized carbons (Fsp3) is 0.467. The number of aromatic carboxylic acids is 1. The van der Waals surface area contributed by atoms with E-state index >= 15 is 0 Å². The van der Waals surface area contributed by atoms with Gasteiger partial charge in [-0.2, -0.15) is 0 Å². The van der Waals surface area contributed by atoms with Gasteiger partial charge in [0.05, 0.1) is 11.3 Å². The maximum absolute atomic E-state index is 13.7. The van der Waals surface area contributed by atoms with Gasteiger partial charge in [-0.3, -0.25) is 0 Å². The van der Waals surface area contributed by atoms with Crippen LogP contribution in [0.3, 0.4) is 0 Å². The molecule has 6 heteroatoms. The summed E-state index contributed by atoms with van der Waals surface area (Å²) in [6.45, 7) is 2.74. The van der Waals surface area contributed by atoms with Crippen LogP contribution in [-0.2, 0) is 0 Å². The normalized spacial score (nSPS) is 21.0. The van der Waals surface area contributed by atoms with E-state index < -0.39 is 17.8 Å². The zero-order valence-corrected chi connectivity index (χ0v) is 11.9. The van der Waals surface area contributed by atoms with E-state index in [0.29, 0.717) is 18.4 Å². The van der Waals surface area contributed by atoms with E-state index in [4.69, 9.17) is 5.11 Å². The predicted molar refractivity (Wildman–Crippen MR) is 76.9 cm³/mol. The van der Waals surface area contributed by atoms with Crippen LogP contribution in [0.15, 0.2) is 18.2 Å². The van der Waals surface area contributed by atoms with Gasteiger partial charge in [0, 0.05) is 6.54 Å². The molecule has 2 amide bonds. The number of benzene rings is 1. The van der Waals surface area contributed by atoms with Crippen molar-refractivity contribution in [2.45, 2.75) is 26.2 Å². The fourth-order valence-electron chi connectivity index (χ4n) is 2.67. The lowest BCUT2D eigenvalue weighted by atomic mass is 9.98. The lowest BCUT2D eigenvalue weighted by Crippen LogP contribution is -2.34. The first-order chi connectivity index (χ1) is 9.97. The van der Waals surface area contributed by atoms with Gasteiger partial charge in [-0.05, 0) is 36.5 Å². The molecule has 1 saturated carbocycles. The molecule has 2 atom stereocenters. The van der Waals surface area contributed by atoms with Crippen molar-refractivity contribution in [1.82, 2.24) is 5.32 Å². The Bertz CT molecular complexity index is 548. The number of hydrogen-bond donors (Lipinski definition) is 3. The molecule has 1 aromatic carbocycles. The molecule has 1 fully saturated rings. The van der Waals surface area contributed by atoms with E-state index in [2.05, 4.69) is 17.6 Å². The summed E-state index contributed by atoms with van der Waals surface area (Å²) in [6.07, 6.45) is 3.46. The van der Waals surface area contributed by atoms with Gasteiger partial charge in [0.1, 0.15) is 5.82 Å². The zero-order valence-electron chi connectivity index (χ0n) is 11.9. The van der Waals surface area contributed by atoms with Crippen molar-refractivity contribution in [2.24, 2.45) is 11.8 Å². The van der Waals surface area contributed by atoms with Crippen molar-refractivity contribution in [2.75, 3.05) is 11.9 Å². The monoisotopic (exact) mass is 294 g/mol. The molecule has 0 aliphatic heterocycles. The molecule has 1 aromatic rings. The van der Waals surface area contributed by atoms with E-state index in [0.717, 1.165) is 12.5 Å². The second-order valence-corrected chi connectivity index (χ2v) is 5.50. The van der Waals surface area contributed by atoms with Crippen LogP contribution in [0.4, 0.5) is 14.9 Å². The fourth-order valence-corrected chi connectivity index (χ4v) is 2.67. The van der Waals surface area contributed by atoms with Gasteiger partial charge in [-0.25, -0.2) is 14.0 Å². The average Bonchev–Trinajstić information content (AvgIpc) is 2.84. The predicted octanol–water partition coefficient (Wildman–Crippen LogP) is 3.08. The Hall–Kier alpha value is -2.11. The summed E-state index contributed by atoms with van der Waals surface area (Å²) in [5.41, 5.74) is -0.185. The number of amides is 2. The standard InChI is InChI=1S/C15H19FN2O3/c1-9-3-2-4-11(9)8-17-15(21)18-13-6-5-10(14(19)20)7-12(13)16/h5-7,9,11H,2-4,8H2,1H3,(H,19,20)(H2,17,18,21). The number of carbonyl (C=O) groups excluding carboxylic acids is 1. The van der Waals surface area contributed by atoms with Crippen LogP contribution in [0, 0.1) is 17.7 Å². The number of carbonyl (C=O) groups is 2. The summed E-state index contributed by atoms with van der Waals surface area (Å²) in [7, 11) is 0. The minimum atomic E-state index is -1.21. The number of halogens is 1. The molecule has 0 aromatic heterocycles. The van der Waals surface area contributed by atoms with E-state index in [1.165, 1.54) is 25.0 Å². The third-order valence-electron chi connectivity index (χ3n) is 4.03. The van der Waals surface area contributed by atoms with Crippen molar-refractivity contribution in [3.05, 3.63) is 29.6 Å². The van der Waals surface area contributed by atoms with Crippen LogP contribution in [0.1, 0.15) is 36.5 Å². The lowest BCUT2D eigenvalue weighted by molar-refractivity contribution is 0.0696. The second-order valence-electron chi connectivity index (χ2n) is 5.50. The Labute approximate surface area is 122 Å². The first-order valence-electron chi connectivity index (χ1n) is 7.05. The van der Waals surface area contributed by atoms with Crippen molar-refractivity contribution in [1.29, 1.82) is 0 Å². The Morgan fingerprint density at radius 1 is 1.38 bits per heavy atom. The maximum Gasteiger partial charge on any atom is 0.335 e. The highest BCUT2D eigenvalue weighted by Gasteiger charge is 2.23. The van der Waals surface area contributed by atoms with Gasteiger partial charge >= 0.3 is 12.0 Å². The smallest absolute Gasteiger partial charge is 0.335 e. The second kappa shape index (κ2) is 6.56. The number of rotatable bonds is 4. The van der Waals surface area contributed by atoms with Gasteiger partial charge in [0.25, 0.3) is 0 Å². The van der Waals surface area contributed by atoms with E-state index in [1.807, 2.05) is 0 Å². The van der Waals surface area contributed by atoms with Gasteiger partial charge < -0.3 is 15.7 Å². The molecule has 0 bridgehead atoms. The highest BCUT2D eigenvalue weighted by Crippen LogP contribution is 2.30. The number of carboxylic acids is 1. The molecule has 2 rings (SSSR count). The molecular formula is C15H19FN2O3. The number of nitrogens with one attached hydrogen (secondary N) is 2. The number of hydrogen-bond acceptors (Lipinski definition) is 2. The Morgan fingerprint density at radius 3 is 2.71 bits per heavy atom. The van der Waals surface area contributed by atoms with Crippen LogP contribution in [0.5, 0.6) is 0 Å². The Balaban J connectivity index is 1.89. The van der Waals surface area contributed by atoms with Crippen LogP contribution in [-0.4, -0.2) is 23.7 Å². The minimum Gasteiger partial charge on any atom is -0.478 e. The average molecular weight is 294 g/mol. The topological polar surface area (TPSA) is 78.4 Å². The van der Waals surface area contributed by atoms with Crippen molar-refractivity contribution in [3.63, 3.8) is 0 Å². The molecule has 3 N–H and O–H groups in total. The summed E-state index contributed by atoms with van der Waals surface area (Å²) < 4.78 is 13.7. The van der Waals surface area contributed by atoms with Gasteiger partial charge in [0.15, 0.2) is 0 Å². The molecule has 21 heavy (non-hydrogen) atoms. The summed E-state index contributed by atoms with van der Waals surface area (Å²) in [5.74, 6) is -0.911. The van der Waals surface area contributed by atoms with Gasteiger partial charge in [-0.15, -0.1) is 0 Å². The van der Waals surface area contributed by atoms with Crippen molar-refractivity contribution in [3.8, 4) is 0 Å². The first kappa shape index (κ1) is 15.3. The molecule has 114 valence electrons. The zero-order chi connectivity index (χ0) is 15.4. The molecule has 1 aliphatic carbocycles. The third kappa shape index (κ3) is 3.93. The Morgan fingerprint density at radius 2 is 2.14 bits per heavy atom. The maximum atomic E-state index is 13.7. The van der Waals surface area contributed by atoms with Crippen molar-refractivity contribution >= 4 is 17.7 Å².